The Labute approximate surface area is 80.3 Å². The Kier molecular flexibility index (Phi) is 6.27. The molecule has 0 saturated carbocycles. The number of nitrogens with zero attached hydrogens (tertiary/aromatic N) is 1. The first-order chi connectivity index (χ1) is 6.38. The van der Waals surface area contributed by atoms with Gasteiger partial charge in [-0.05, 0) is 18.6 Å². The summed E-state index contributed by atoms with van der Waals surface area (Å²) in [5.74, 6) is 0. The molecule has 1 aromatic rings. The van der Waals surface area contributed by atoms with Crippen LogP contribution in [0, 0.1) is 11.3 Å². The average molecular weight is 173 g/mol. The maximum atomic E-state index is 8.66. The molecule has 0 radical (unpaired) electrons. The molecule has 0 fully saturated rings. The van der Waals surface area contributed by atoms with Crippen molar-refractivity contribution in [2.24, 2.45) is 0 Å². The zero-order valence-corrected chi connectivity index (χ0v) is 8.41. The Morgan fingerprint density at radius 3 is 2.38 bits per heavy atom. The third kappa shape index (κ3) is 3.57. The zero-order valence-electron chi connectivity index (χ0n) is 8.41. The van der Waals surface area contributed by atoms with E-state index in [1.807, 2.05) is 57.2 Å². The van der Waals surface area contributed by atoms with Crippen LogP contribution in [-0.4, -0.2) is 0 Å². The van der Waals surface area contributed by atoms with Gasteiger partial charge in [0.2, 0.25) is 0 Å². The predicted octanol–water partition coefficient (Wildman–Crippen LogP) is 3.62. The minimum Gasteiger partial charge on any atom is -0.192 e. The molecule has 1 aromatic carbocycles. The van der Waals surface area contributed by atoms with Crippen molar-refractivity contribution in [3.05, 3.63) is 41.5 Å². The van der Waals surface area contributed by atoms with Gasteiger partial charge in [-0.15, -0.1) is 0 Å². The molecule has 0 aromatic heterocycles. The summed E-state index contributed by atoms with van der Waals surface area (Å²) in [7, 11) is 0. The lowest BCUT2D eigenvalue weighted by molar-refractivity contribution is 1.47. The van der Waals surface area contributed by atoms with Crippen molar-refractivity contribution in [2.75, 3.05) is 0 Å². The van der Waals surface area contributed by atoms with E-state index < -0.39 is 0 Å². The molecule has 1 rings (SSSR count). The Hall–Kier alpha value is -1.55. The first-order valence-electron chi connectivity index (χ1n) is 4.50. The summed E-state index contributed by atoms with van der Waals surface area (Å²) in [4.78, 5) is 0. The molecule has 0 atom stereocenters. The van der Waals surface area contributed by atoms with Crippen molar-refractivity contribution in [2.45, 2.75) is 20.8 Å². The molecule has 0 aliphatic rings. The summed E-state index contributed by atoms with van der Waals surface area (Å²) in [6.45, 7) is 5.94. The van der Waals surface area contributed by atoms with Crippen LogP contribution in [0.25, 0.3) is 6.08 Å². The van der Waals surface area contributed by atoms with Crippen LogP contribution < -0.4 is 0 Å². The van der Waals surface area contributed by atoms with E-state index in [4.69, 9.17) is 5.26 Å². The summed E-state index contributed by atoms with van der Waals surface area (Å²) >= 11 is 0. The molecule has 0 spiro atoms. The molecule has 0 heterocycles. The standard InChI is InChI=1S/C10H9N.C2H6/c1-2-5-9-6-3-4-7-10(9)8-11;1-2/h2-7H,1H3;1-2H3/b5-2+;. The molecule has 0 aliphatic heterocycles. The van der Waals surface area contributed by atoms with Gasteiger partial charge >= 0.3 is 0 Å². The lowest BCUT2D eigenvalue weighted by atomic mass is 10.1. The molecule has 1 nitrogen and oxygen atoms in total. The quantitative estimate of drug-likeness (QED) is 0.636. The second-order valence-corrected chi connectivity index (χ2v) is 2.20. The van der Waals surface area contributed by atoms with Gasteiger partial charge in [-0.2, -0.15) is 5.26 Å². The number of hydrogen-bond acceptors (Lipinski definition) is 1. The first kappa shape index (κ1) is 11.4. The maximum Gasteiger partial charge on any atom is 0.0997 e. The minimum atomic E-state index is 0.727. The van der Waals surface area contributed by atoms with Crippen molar-refractivity contribution < 1.29 is 0 Å². The highest BCUT2D eigenvalue weighted by Crippen LogP contribution is 2.08. The molecule has 0 N–H and O–H groups in total. The van der Waals surface area contributed by atoms with Gasteiger partial charge < -0.3 is 0 Å². The van der Waals surface area contributed by atoms with E-state index >= 15 is 0 Å². The molecular weight excluding hydrogens is 158 g/mol. The molecule has 0 bridgehead atoms. The van der Waals surface area contributed by atoms with E-state index in [0.29, 0.717) is 0 Å². The number of allylic oxidation sites excluding steroid dienone is 1. The minimum absolute atomic E-state index is 0.727. The van der Waals surface area contributed by atoms with Crippen LogP contribution >= 0.6 is 0 Å². The number of nitriles is 1. The fourth-order valence-corrected chi connectivity index (χ4v) is 0.924. The van der Waals surface area contributed by atoms with Crippen molar-refractivity contribution in [1.29, 1.82) is 5.26 Å². The smallest absolute Gasteiger partial charge is 0.0997 e. The van der Waals surface area contributed by atoms with E-state index in [0.717, 1.165) is 11.1 Å². The number of benzene rings is 1. The zero-order chi connectivity index (χ0) is 10.1. The van der Waals surface area contributed by atoms with Crippen molar-refractivity contribution in [3.8, 4) is 6.07 Å². The Bertz CT molecular complexity index is 305. The normalized spacial score (nSPS) is 8.77. The largest absolute Gasteiger partial charge is 0.192 e. The van der Waals surface area contributed by atoms with E-state index in [2.05, 4.69) is 6.07 Å². The second-order valence-electron chi connectivity index (χ2n) is 2.20. The highest BCUT2D eigenvalue weighted by atomic mass is 14.2. The molecule has 13 heavy (non-hydrogen) atoms. The van der Waals surface area contributed by atoms with Gasteiger partial charge in [0.15, 0.2) is 0 Å². The number of rotatable bonds is 1. The summed E-state index contributed by atoms with van der Waals surface area (Å²) < 4.78 is 0. The van der Waals surface area contributed by atoms with Gasteiger partial charge in [-0.3, -0.25) is 0 Å². The van der Waals surface area contributed by atoms with E-state index in [-0.39, 0.29) is 0 Å². The Balaban J connectivity index is 0.000000671. The van der Waals surface area contributed by atoms with E-state index in [1.54, 1.807) is 0 Å². The van der Waals surface area contributed by atoms with E-state index in [1.165, 1.54) is 0 Å². The van der Waals surface area contributed by atoms with E-state index in [9.17, 15) is 0 Å². The molecule has 0 unspecified atom stereocenters. The molecule has 0 saturated heterocycles. The molecular formula is C12H15N. The van der Waals surface area contributed by atoms with Crippen LogP contribution in [0.15, 0.2) is 30.3 Å². The Morgan fingerprint density at radius 2 is 1.85 bits per heavy atom. The van der Waals surface area contributed by atoms with Gasteiger partial charge in [0.1, 0.15) is 0 Å². The SMILES string of the molecule is C/C=C/c1ccccc1C#N.CC. The van der Waals surface area contributed by atoms with Gasteiger partial charge in [-0.1, -0.05) is 44.2 Å². The highest BCUT2D eigenvalue weighted by Gasteiger charge is 1.93. The van der Waals surface area contributed by atoms with Crippen LogP contribution in [-0.2, 0) is 0 Å². The average Bonchev–Trinajstić information content (AvgIpc) is 2.22. The molecule has 1 heteroatoms. The summed E-state index contributed by atoms with van der Waals surface area (Å²) in [6.07, 6.45) is 3.86. The van der Waals surface area contributed by atoms with Gasteiger partial charge in [-0.25, -0.2) is 0 Å². The summed E-state index contributed by atoms with van der Waals surface area (Å²) in [6, 6.07) is 9.67. The van der Waals surface area contributed by atoms with Crippen LogP contribution in [0.4, 0.5) is 0 Å². The fourth-order valence-electron chi connectivity index (χ4n) is 0.924. The van der Waals surface area contributed by atoms with Crippen molar-refractivity contribution >= 4 is 6.08 Å². The third-order valence-electron chi connectivity index (χ3n) is 1.43. The van der Waals surface area contributed by atoms with Gasteiger partial charge in [0.05, 0.1) is 11.6 Å². The van der Waals surface area contributed by atoms with Crippen molar-refractivity contribution in [1.82, 2.24) is 0 Å². The highest BCUT2D eigenvalue weighted by molar-refractivity contribution is 5.57. The van der Waals surface area contributed by atoms with Crippen LogP contribution in [0.3, 0.4) is 0 Å². The fraction of sp³-hybridized carbons (Fsp3) is 0.250. The van der Waals surface area contributed by atoms with Crippen LogP contribution in [0.5, 0.6) is 0 Å². The molecule has 0 amide bonds. The molecule has 68 valence electrons. The topological polar surface area (TPSA) is 23.8 Å². The second kappa shape index (κ2) is 7.12. The maximum absolute atomic E-state index is 8.66. The molecule has 0 aliphatic carbocycles. The Morgan fingerprint density at radius 1 is 1.23 bits per heavy atom. The monoisotopic (exact) mass is 173 g/mol. The van der Waals surface area contributed by atoms with Crippen LogP contribution in [0.1, 0.15) is 31.9 Å². The van der Waals surface area contributed by atoms with Gasteiger partial charge in [0, 0.05) is 0 Å². The lowest BCUT2D eigenvalue weighted by Gasteiger charge is -1.93. The lowest BCUT2D eigenvalue weighted by Crippen LogP contribution is -1.78. The number of hydrogen-bond donors (Lipinski definition) is 0. The summed E-state index contributed by atoms with van der Waals surface area (Å²) in [5.41, 5.74) is 1.71. The first-order valence-corrected chi connectivity index (χ1v) is 4.50. The van der Waals surface area contributed by atoms with Crippen molar-refractivity contribution in [3.63, 3.8) is 0 Å². The predicted molar refractivity (Wildman–Crippen MR) is 57.2 cm³/mol. The van der Waals surface area contributed by atoms with Crippen LogP contribution in [0.2, 0.25) is 0 Å². The van der Waals surface area contributed by atoms with Gasteiger partial charge in [0.25, 0.3) is 0 Å². The third-order valence-corrected chi connectivity index (χ3v) is 1.43. The summed E-state index contributed by atoms with van der Waals surface area (Å²) in [5, 5.41) is 8.66.